The molecule has 1 aliphatic rings. The van der Waals surface area contributed by atoms with E-state index in [1.165, 1.54) is 12.0 Å². The number of carboxylic acid groups (broad SMARTS) is 1. The van der Waals surface area contributed by atoms with E-state index < -0.39 is 12.0 Å². The number of hydrogen-bond acceptors (Lipinski definition) is 5. The van der Waals surface area contributed by atoms with Crippen molar-refractivity contribution in [2.24, 2.45) is 5.73 Å². The zero-order valence-electron chi connectivity index (χ0n) is 12.2. The number of methoxy groups -OCH3 is 1. The lowest BCUT2D eigenvalue weighted by molar-refractivity contribution is -0.142. The number of esters is 1. The highest BCUT2D eigenvalue weighted by Gasteiger charge is 2.33. The van der Waals surface area contributed by atoms with Crippen LogP contribution < -0.4 is 5.73 Å². The van der Waals surface area contributed by atoms with Gasteiger partial charge in [-0.05, 0) is 19.9 Å². The Bertz CT molecular complexity index is 542. The molecule has 0 fully saturated rings. The van der Waals surface area contributed by atoms with E-state index in [0.29, 0.717) is 25.1 Å². The van der Waals surface area contributed by atoms with Gasteiger partial charge in [0.25, 0.3) is 0 Å². The van der Waals surface area contributed by atoms with Crippen molar-refractivity contribution in [1.29, 1.82) is 0 Å². The van der Waals surface area contributed by atoms with Gasteiger partial charge >= 0.3 is 12.1 Å². The monoisotopic (exact) mass is 296 g/mol. The molecule has 8 nitrogen and oxygen atoms in total. The fourth-order valence-electron chi connectivity index (χ4n) is 2.68. The van der Waals surface area contributed by atoms with Gasteiger partial charge in [0.2, 0.25) is 0 Å². The zero-order valence-corrected chi connectivity index (χ0v) is 12.2. The van der Waals surface area contributed by atoms with E-state index in [4.69, 9.17) is 10.5 Å². The van der Waals surface area contributed by atoms with E-state index >= 15 is 0 Å². The van der Waals surface area contributed by atoms with Gasteiger partial charge in [0, 0.05) is 5.56 Å². The number of nitrogens with two attached hydrogens (primary N) is 1. The van der Waals surface area contributed by atoms with Gasteiger partial charge < -0.3 is 15.6 Å². The normalized spacial score (nSPS) is 19.0. The first-order chi connectivity index (χ1) is 9.99. The quantitative estimate of drug-likeness (QED) is 0.777. The van der Waals surface area contributed by atoms with Gasteiger partial charge in [0.1, 0.15) is 0 Å². The highest BCUT2D eigenvalue weighted by molar-refractivity contribution is 5.78. The van der Waals surface area contributed by atoms with E-state index in [1.54, 1.807) is 10.9 Å². The maximum atomic E-state index is 11.9. The summed E-state index contributed by atoms with van der Waals surface area (Å²) >= 11 is 0. The third kappa shape index (κ3) is 2.85. The molecule has 0 aliphatic carbocycles. The molecule has 0 bridgehead atoms. The Morgan fingerprint density at radius 2 is 2.33 bits per heavy atom. The molecule has 1 aromatic rings. The molecule has 1 aliphatic heterocycles. The highest BCUT2D eigenvalue weighted by atomic mass is 16.5. The Labute approximate surface area is 122 Å². The maximum absolute atomic E-state index is 11.9. The van der Waals surface area contributed by atoms with Gasteiger partial charge in [0.15, 0.2) is 0 Å². The first-order valence-corrected chi connectivity index (χ1v) is 6.81. The fourth-order valence-corrected chi connectivity index (χ4v) is 2.68. The second kappa shape index (κ2) is 6.13. The molecule has 0 radical (unpaired) electrons. The van der Waals surface area contributed by atoms with Crippen LogP contribution in [0.1, 0.15) is 30.5 Å². The number of ether oxygens (including phenoxy) is 1. The Morgan fingerprint density at radius 3 is 2.90 bits per heavy atom. The van der Waals surface area contributed by atoms with Crippen molar-refractivity contribution in [3.8, 4) is 0 Å². The third-order valence-corrected chi connectivity index (χ3v) is 3.83. The van der Waals surface area contributed by atoms with E-state index in [1.807, 2.05) is 6.92 Å². The van der Waals surface area contributed by atoms with Gasteiger partial charge in [-0.25, -0.2) is 4.79 Å². The zero-order chi connectivity index (χ0) is 15.6. The molecule has 0 saturated heterocycles. The molecule has 3 N–H and O–H groups in total. The summed E-state index contributed by atoms with van der Waals surface area (Å²) in [6.07, 6.45) is 1.08. The Balaban J connectivity index is 2.35. The molecule has 1 aromatic heterocycles. The lowest BCUT2D eigenvalue weighted by Crippen LogP contribution is -2.44. The number of rotatable bonds is 4. The molecule has 21 heavy (non-hydrogen) atoms. The summed E-state index contributed by atoms with van der Waals surface area (Å²) < 4.78 is 6.57. The number of fused-ring (bicyclic) bond motifs is 1. The molecular formula is C13H20N4O4. The van der Waals surface area contributed by atoms with E-state index in [-0.39, 0.29) is 18.6 Å². The molecule has 1 unspecified atom stereocenters. The number of aromatic nitrogens is 2. The van der Waals surface area contributed by atoms with Gasteiger partial charge in [-0.15, -0.1) is 0 Å². The Morgan fingerprint density at radius 1 is 1.62 bits per heavy atom. The van der Waals surface area contributed by atoms with Crippen molar-refractivity contribution in [1.82, 2.24) is 14.7 Å². The van der Waals surface area contributed by atoms with Crippen LogP contribution in [0.4, 0.5) is 4.79 Å². The van der Waals surface area contributed by atoms with Crippen molar-refractivity contribution < 1.29 is 19.4 Å². The number of nitrogens with zero attached hydrogens (tertiary/aromatic N) is 3. The summed E-state index contributed by atoms with van der Waals surface area (Å²) in [7, 11) is 1.33. The van der Waals surface area contributed by atoms with Crippen molar-refractivity contribution in [3.63, 3.8) is 0 Å². The molecular weight excluding hydrogens is 276 g/mol. The molecule has 0 saturated carbocycles. The predicted molar refractivity (Wildman–Crippen MR) is 73.7 cm³/mol. The van der Waals surface area contributed by atoms with Crippen LogP contribution in [0, 0.1) is 0 Å². The molecule has 2 rings (SSSR count). The highest BCUT2D eigenvalue weighted by Crippen LogP contribution is 2.28. The van der Waals surface area contributed by atoms with E-state index in [0.717, 1.165) is 5.69 Å². The number of hydrogen-bond donors (Lipinski definition) is 2. The van der Waals surface area contributed by atoms with Gasteiger partial charge in [0.05, 0.1) is 44.0 Å². The largest absolute Gasteiger partial charge is 0.469 e. The van der Waals surface area contributed by atoms with Gasteiger partial charge in [-0.2, -0.15) is 5.10 Å². The fraction of sp³-hybridized carbons (Fsp3) is 0.615. The summed E-state index contributed by atoms with van der Waals surface area (Å²) in [4.78, 5) is 24.5. The smallest absolute Gasteiger partial charge is 0.407 e. The minimum atomic E-state index is -0.977. The second-order valence-electron chi connectivity index (χ2n) is 5.14. The second-order valence-corrected chi connectivity index (χ2v) is 5.14. The third-order valence-electron chi connectivity index (χ3n) is 3.83. The lowest BCUT2D eigenvalue weighted by Gasteiger charge is -2.32. The lowest BCUT2D eigenvalue weighted by atomic mass is 9.95. The molecule has 2 heterocycles. The van der Waals surface area contributed by atoms with E-state index in [2.05, 4.69) is 5.10 Å². The van der Waals surface area contributed by atoms with Crippen LogP contribution in [0.25, 0.3) is 0 Å². The molecule has 0 aromatic carbocycles. The molecule has 0 spiro atoms. The van der Waals surface area contributed by atoms with Crippen LogP contribution in [0.15, 0.2) is 6.20 Å². The minimum Gasteiger partial charge on any atom is -0.469 e. The first kappa shape index (κ1) is 15.3. The number of carbonyl (C=O) groups excluding carboxylic acids is 1. The SMILES string of the molecule is COC(=O)C(CCN)c1cnn2c1CN(C(=O)O)[C@@H](C)C2. The Kier molecular flexibility index (Phi) is 4.46. The predicted octanol–water partition coefficient (Wildman–Crippen LogP) is 0.371. The van der Waals surface area contributed by atoms with Crippen LogP contribution in [0.3, 0.4) is 0 Å². The average molecular weight is 296 g/mol. The number of amides is 1. The molecule has 116 valence electrons. The summed E-state index contributed by atoms with van der Waals surface area (Å²) in [5, 5.41) is 13.5. The number of carbonyl (C=O) groups is 2. The van der Waals surface area contributed by atoms with Crippen LogP contribution >= 0.6 is 0 Å². The van der Waals surface area contributed by atoms with Crippen LogP contribution in [-0.4, -0.2) is 51.5 Å². The van der Waals surface area contributed by atoms with Gasteiger partial charge in [-0.1, -0.05) is 0 Å². The summed E-state index contributed by atoms with van der Waals surface area (Å²) in [5.74, 6) is -0.885. The van der Waals surface area contributed by atoms with Crippen molar-refractivity contribution in [2.45, 2.75) is 38.4 Å². The van der Waals surface area contributed by atoms with Crippen molar-refractivity contribution >= 4 is 12.1 Å². The summed E-state index contributed by atoms with van der Waals surface area (Å²) in [6, 6.07) is -0.158. The Hall–Kier alpha value is -2.09. The topological polar surface area (TPSA) is 111 Å². The average Bonchev–Trinajstić information content (AvgIpc) is 2.85. The molecule has 2 atom stereocenters. The minimum absolute atomic E-state index is 0.158. The summed E-state index contributed by atoms with van der Waals surface area (Å²) in [5.41, 5.74) is 7.00. The first-order valence-electron chi connectivity index (χ1n) is 6.81. The summed E-state index contributed by atoms with van der Waals surface area (Å²) in [6.45, 7) is 2.85. The molecule has 8 heteroatoms. The van der Waals surface area contributed by atoms with Crippen LogP contribution in [0.5, 0.6) is 0 Å². The standard InChI is InChI=1S/C13H20N4O4/c1-8-6-17-11(7-16(8)13(19)20)10(5-15-17)9(3-4-14)12(18)21-2/h5,8-9H,3-4,6-7,14H2,1-2H3,(H,19,20)/t8-,9?/m0/s1. The van der Waals surface area contributed by atoms with Crippen molar-refractivity contribution in [2.75, 3.05) is 13.7 Å². The van der Waals surface area contributed by atoms with E-state index in [9.17, 15) is 14.7 Å². The van der Waals surface area contributed by atoms with Gasteiger partial charge in [-0.3, -0.25) is 14.4 Å². The van der Waals surface area contributed by atoms with Crippen LogP contribution in [-0.2, 0) is 22.6 Å². The van der Waals surface area contributed by atoms with Crippen LogP contribution in [0.2, 0.25) is 0 Å². The molecule has 1 amide bonds. The maximum Gasteiger partial charge on any atom is 0.407 e. The van der Waals surface area contributed by atoms with Crippen molar-refractivity contribution in [3.05, 3.63) is 17.5 Å².